The van der Waals surface area contributed by atoms with Gasteiger partial charge in [0.1, 0.15) is 5.75 Å². The van der Waals surface area contributed by atoms with Crippen molar-refractivity contribution in [2.75, 3.05) is 0 Å². The van der Waals surface area contributed by atoms with Gasteiger partial charge in [0.15, 0.2) is 0 Å². The van der Waals surface area contributed by atoms with E-state index in [4.69, 9.17) is 9.84 Å². The molecule has 0 radical (unpaired) electrons. The van der Waals surface area contributed by atoms with Crippen molar-refractivity contribution in [1.29, 1.82) is 0 Å². The van der Waals surface area contributed by atoms with Gasteiger partial charge in [-0.05, 0) is 44.0 Å². The van der Waals surface area contributed by atoms with Crippen LogP contribution in [-0.2, 0) is 9.59 Å². The van der Waals surface area contributed by atoms with Crippen LogP contribution in [0.25, 0.3) is 11.1 Å². The number of benzene rings is 2. The average Bonchev–Trinajstić information content (AvgIpc) is 2.56. The molecule has 0 saturated heterocycles. The summed E-state index contributed by atoms with van der Waals surface area (Å²) in [5.74, 6) is -0.804. The summed E-state index contributed by atoms with van der Waals surface area (Å²) in [6.07, 6.45) is 0. The van der Waals surface area contributed by atoms with Crippen LogP contribution in [0.3, 0.4) is 0 Å². The highest BCUT2D eigenvalue weighted by Crippen LogP contribution is 2.23. The van der Waals surface area contributed by atoms with Gasteiger partial charge in [-0.15, -0.1) is 0 Å². The number of aliphatic carboxylic acids is 1. The Morgan fingerprint density at radius 2 is 1.24 bits per heavy atom. The fourth-order valence-corrected chi connectivity index (χ4v) is 1.66. The van der Waals surface area contributed by atoms with Crippen LogP contribution in [0.15, 0.2) is 72.8 Å². The van der Waals surface area contributed by atoms with Crippen LogP contribution >= 0.6 is 0 Å². The number of carbonyl (C=O) groups is 2. The number of carboxylic acids is 1. The summed E-state index contributed by atoms with van der Waals surface area (Å²) < 4.78 is 5.15. The monoisotopic (exact) mass is 338 g/mol. The maximum absolute atomic E-state index is 11.4. The maximum Gasteiger partial charge on any atom is 0.338 e. The molecule has 0 heterocycles. The molecule has 2 aromatic carbocycles. The molecule has 1 N–H and O–H groups in total. The number of aryl methyl sites for hydroxylation is 1. The Balaban J connectivity index is 0.000000450. The van der Waals surface area contributed by atoms with E-state index in [2.05, 4.69) is 44.3 Å². The molecule has 0 bridgehead atoms. The molecule has 0 aliphatic heterocycles. The minimum absolute atomic E-state index is 0.176. The van der Waals surface area contributed by atoms with Gasteiger partial charge in [0, 0.05) is 11.1 Å². The molecular weight excluding hydrogens is 316 g/mol. The largest absolute Gasteiger partial charge is 0.478 e. The second-order valence-corrected chi connectivity index (χ2v) is 5.65. The van der Waals surface area contributed by atoms with E-state index in [1.165, 1.54) is 12.5 Å². The van der Waals surface area contributed by atoms with Crippen molar-refractivity contribution >= 4 is 11.9 Å². The number of ether oxygens (including phenoxy) is 1. The molecule has 0 amide bonds. The molecule has 0 saturated carbocycles. The first kappa shape index (κ1) is 19.9. The second-order valence-electron chi connectivity index (χ2n) is 5.65. The van der Waals surface area contributed by atoms with Gasteiger partial charge in [-0.25, -0.2) is 9.59 Å². The predicted octanol–water partition coefficient (Wildman–Crippen LogP) is 4.79. The van der Waals surface area contributed by atoms with Crippen LogP contribution < -0.4 is 4.74 Å². The fourth-order valence-electron chi connectivity index (χ4n) is 1.66. The third-order valence-corrected chi connectivity index (χ3v) is 3.16. The van der Waals surface area contributed by atoms with E-state index in [0.29, 0.717) is 11.3 Å². The minimum Gasteiger partial charge on any atom is -0.478 e. The molecule has 0 aromatic heterocycles. The van der Waals surface area contributed by atoms with Gasteiger partial charge >= 0.3 is 11.9 Å². The van der Waals surface area contributed by atoms with Crippen molar-refractivity contribution in [3.63, 3.8) is 0 Å². The van der Waals surface area contributed by atoms with Crippen LogP contribution in [0.5, 0.6) is 5.75 Å². The number of rotatable bonds is 4. The van der Waals surface area contributed by atoms with Crippen LogP contribution in [0, 0.1) is 6.92 Å². The van der Waals surface area contributed by atoms with Crippen molar-refractivity contribution in [1.82, 2.24) is 0 Å². The van der Waals surface area contributed by atoms with E-state index in [9.17, 15) is 9.59 Å². The number of carbonyl (C=O) groups excluding carboxylic acids is 1. The Bertz CT molecular complexity index is 757. The normalized spacial score (nSPS) is 9.40. The number of carboxylic acid groups (broad SMARTS) is 1. The molecule has 25 heavy (non-hydrogen) atoms. The van der Waals surface area contributed by atoms with Crippen molar-refractivity contribution in [3.05, 3.63) is 78.4 Å². The quantitative estimate of drug-likeness (QED) is 0.494. The summed E-state index contributed by atoms with van der Waals surface area (Å²) in [7, 11) is 0. The number of esters is 1. The Hall–Kier alpha value is -3.14. The van der Waals surface area contributed by atoms with E-state index in [1.807, 2.05) is 12.1 Å². The standard InChI is InChI=1S/C17H16O2.C4H6O2/c1-12(2)17(18)19-16-10-8-15(9-11-16)14-6-4-13(3)5-7-14;1-3(2)4(5)6/h4-11H,1H2,2-3H3;1H2,2H3,(H,5,6). The van der Waals surface area contributed by atoms with E-state index in [0.717, 1.165) is 11.1 Å². The van der Waals surface area contributed by atoms with Crippen LogP contribution in [0.2, 0.25) is 0 Å². The second kappa shape index (κ2) is 9.23. The van der Waals surface area contributed by atoms with Crippen molar-refractivity contribution < 1.29 is 19.4 Å². The summed E-state index contributed by atoms with van der Waals surface area (Å²) in [6.45, 7) is 11.8. The topological polar surface area (TPSA) is 63.6 Å². The van der Waals surface area contributed by atoms with E-state index >= 15 is 0 Å². The van der Waals surface area contributed by atoms with Crippen molar-refractivity contribution in [3.8, 4) is 16.9 Å². The van der Waals surface area contributed by atoms with E-state index in [-0.39, 0.29) is 5.57 Å². The highest BCUT2D eigenvalue weighted by molar-refractivity contribution is 5.88. The number of hydrogen-bond donors (Lipinski definition) is 1. The summed E-state index contributed by atoms with van der Waals surface area (Å²) in [5.41, 5.74) is 4.03. The number of hydrogen-bond acceptors (Lipinski definition) is 3. The highest BCUT2D eigenvalue weighted by atomic mass is 16.5. The van der Waals surface area contributed by atoms with Crippen molar-refractivity contribution in [2.24, 2.45) is 0 Å². The molecule has 2 aromatic rings. The van der Waals surface area contributed by atoms with Gasteiger partial charge in [0.2, 0.25) is 0 Å². The fraction of sp³-hybridized carbons (Fsp3) is 0.143. The van der Waals surface area contributed by atoms with Crippen molar-refractivity contribution in [2.45, 2.75) is 20.8 Å². The Labute approximate surface area is 148 Å². The Kier molecular flexibility index (Phi) is 7.35. The van der Waals surface area contributed by atoms with Gasteiger partial charge < -0.3 is 9.84 Å². The first-order chi connectivity index (χ1) is 11.7. The Morgan fingerprint density at radius 1 is 0.840 bits per heavy atom. The molecule has 0 aliphatic rings. The highest BCUT2D eigenvalue weighted by Gasteiger charge is 2.05. The lowest BCUT2D eigenvalue weighted by molar-refractivity contribution is -0.132. The summed E-state index contributed by atoms with van der Waals surface area (Å²) in [5, 5.41) is 7.89. The zero-order valence-corrected chi connectivity index (χ0v) is 14.7. The molecule has 4 nitrogen and oxygen atoms in total. The lowest BCUT2D eigenvalue weighted by atomic mass is 10.0. The molecule has 4 heteroatoms. The maximum atomic E-state index is 11.4. The SMILES string of the molecule is C=C(C)C(=O)O.C=C(C)C(=O)Oc1ccc(-c2ccc(C)cc2)cc1. The first-order valence-electron chi connectivity index (χ1n) is 7.64. The third kappa shape index (κ3) is 6.87. The van der Waals surface area contributed by atoms with Crippen LogP contribution in [0.4, 0.5) is 0 Å². The average molecular weight is 338 g/mol. The molecule has 2 rings (SSSR count). The van der Waals surface area contributed by atoms with E-state index in [1.54, 1.807) is 19.1 Å². The molecule has 0 aliphatic carbocycles. The van der Waals surface area contributed by atoms with E-state index < -0.39 is 11.9 Å². The predicted molar refractivity (Wildman–Crippen MR) is 99.5 cm³/mol. The smallest absolute Gasteiger partial charge is 0.338 e. The summed E-state index contributed by atoms with van der Waals surface area (Å²) in [6, 6.07) is 15.7. The minimum atomic E-state index is -0.935. The zero-order valence-electron chi connectivity index (χ0n) is 14.7. The molecule has 0 fully saturated rings. The van der Waals surface area contributed by atoms with Crippen LogP contribution in [-0.4, -0.2) is 17.0 Å². The van der Waals surface area contributed by atoms with Gasteiger partial charge in [0.05, 0.1) is 0 Å². The molecule has 130 valence electrons. The van der Waals surface area contributed by atoms with Gasteiger partial charge in [-0.3, -0.25) is 0 Å². The van der Waals surface area contributed by atoms with Gasteiger partial charge in [-0.2, -0.15) is 0 Å². The molecule has 0 spiro atoms. The lowest BCUT2D eigenvalue weighted by Crippen LogP contribution is -2.07. The molecular formula is C21H22O4. The molecule has 0 atom stereocenters. The Morgan fingerprint density at radius 3 is 1.60 bits per heavy atom. The third-order valence-electron chi connectivity index (χ3n) is 3.16. The zero-order chi connectivity index (χ0) is 19.0. The van der Waals surface area contributed by atoms with Crippen LogP contribution in [0.1, 0.15) is 19.4 Å². The lowest BCUT2D eigenvalue weighted by Gasteiger charge is -2.06. The van der Waals surface area contributed by atoms with Gasteiger partial charge in [-0.1, -0.05) is 55.1 Å². The summed E-state index contributed by atoms with van der Waals surface area (Å²) in [4.78, 5) is 21.0. The molecule has 0 unspecified atom stereocenters. The first-order valence-corrected chi connectivity index (χ1v) is 7.64. The summed E-state index contributed by atoms with van der Waals surface area (Å²) >= 11 is 0. The van der Waals surface area contributed by atoms with Gasteiger partial charge in [0.25, 0.3) is 0 Å².